The third-order valence-corrected chi connectivity index (χ3v) is 2.43. The van der Waals surface area contributed by atoms with Crippen molar-refractivity contribution in [3.8, 4) is 0 Å². The average molecular weight is 335 g/mol. The van der Waals surface area contributed by atoms with Crippen molar-refractivity contribution in [2.24, 2.45) is 5.73 Å². The number of nitrogens with one attached hydrogen (secondary N) is 2. The Labute approximate surface area is 137 Å². The van der Waals surface area contributed by atoms with Crippen molar-refractivity contribution in [3.05, 3.63) is 0 Å². The fraction of sp³-hybridized carbons (Fsp3) is 0.857. The van der Waals surface area contributed by atoms with Gasteiger partial charge in [-0.1, -0.05) is 6.92 Å². The summed E-state index contributed by atoms with van der Waals surface area (Å²) >= 11 is 0. The number of carbonyl (C=O) groups excluding carboxylic acids is 2. The molecule has 0 heterocycles. The Morgan fingerprint density at radius 1 is 0.783 bits per heavy atom. The molecule has 0 saturated carbocycles. The van der Waals surface area contributed by atoms with Gasteiger partial charge in [0.2, 0.25) is 11.8 Å². The van der Waals surface area contributed by atoms with Gasteiger partial charge in [-0.3, -0.25) is 9.59 Å². The minimum atomic E-state index is -0.264. The standard InChI is InChI=1S/C14H29N3O6/c1-2-4-20-6-8-22-10-13(18)16-3-5-21-7-9-23-11-14(19)17-12-15/h2-12,15H2,1H3,(H,16,18)(H,17,19). The molecule has 23 heavy (non-hydrogen) atoms. The average Bonchev–Trinajstić information content (AvgIpc) is 2.53. The van der Waals surface area contributed by atoms with Gasteiger partial charge in [-0.05, 0) is 6.42 Å². The van der Waals surface area contributed by atoms with Gasteiger partial charge in [0, 0.05) is 13.2 Å². The lowest BCUT2D eigenvalue weighted by atomic mass is 10.5. The van der Waals surface area contributed by atoms with Crippen LogP contribution in [0.25, 0.3) is 0 Å². The Kier molecular flexibility index (Phi) is 16.2. The first-order valence-corrected chi connectivity index (χ1v) is 7.75. The molecule has 0 unspecified atom stereocenters. The molecular formula is C14H29N3O6. The van der Waals surface area contributed by atoms with Crippen LogP contribution in [0.5, 0.6) is 0 Å². The van der Waals surface area contributed by atoms with E-state index < -0.39 is 0 Å². The molecule has 0 aliphatic carbocycles. The van der Waals surface area contributed by atoms with Gasteiger partial charge in [0.1, 0.15) is 13.2 Å². The molecule has 9 heteroatoms. The molecule has 0 saturated heterocycles. The number of rotatable bonds is 16. The van der Waals surface area contributed by atoms with Crippen LogP contribution in [0.15, 0.2) is 0 Å². The molecule has 0 spiro atoms. The second kappa shape index (κ2) is 17.1. The first-order chi connectivity index (χ1) is 11.2. The first-order valence-electron chi connectivity index (χ1n) is 7.75. The maximum Gasteiger partial charge on any atom is 0.246 e. The summed E-state index contributed by atoms with van der Waals surface area (Å²) in [5, 5.41) is 5.07. The zero-order valence-corrected chi connectivity index (χ0v) is 13.8. The van der Waals surface area contributed by atoms with E-state index in [9.17, 15) is 9.59 Å². The minimum Gasteiger partial charge on any atom is -0.379 e. The van der Waals surface area contributed by atoms with E-state index in [0.29, 0.717) is 46.2 Å². The van der Waals surface area contributed by atoms with Crippen LogP contribution in [0, 0.1) is 0 Å². The molecule has 0 aromatic carbocycles. The Morgan fingerprint density at radius 3 is 1.87 bits per heavy atom. The highest BCUT2D eigenvalue weighted by atomic mass is 16.5. The molecule has 0 atom stereocenters. The van der Waals surface area contributed by atoms with Gasteiger partial charge < -0.3 is 35.3 Å². The first kappa shape index (κ1) is 21.7. The maximum atomic E-state index is 11.4. The predicted octanol–water partition coefficient (Wildman–Crippen LogP) is -1.39. The summed E-state index contributed by atoms with van der Waals surface area (Å²) in [6, 6.07) is 0. The highest BCUT2D eigenvalue weighted by molar-refractivity contribution is 5.77. The summed E-state index contributed by atoms with van der Waals surface area (Å²) in [5.41, 5.74) is 5.13. The number of carbonyl (C=O) groups is 2. The summed E-state index contributed by atoms with van der Waals surface area (Å²) < 4.78 is 20.7. The van der Waals surface area contributed by atoms with E-state index in [0.717, 1.165) is 6.42 Å². The summed E-state index contributed by atoms with van der Waals surface area (Å²) in [4.78, 5) is 22.4. The van der Waals surface area contributed by atoms with E-state index in [1.165, 1.54) is 0 Å². The molecule has 0 radical (unpaired) electrons. The van der Waals surface area contributed by atoms with Gasteiger partial charge >= 0.3 is 0 Å². The van der Waals surface area contributed by atoms with Crippen molar-refractivity contribution in [2.45, 2.75) is 13.3 Å². The van der Waals surface area contributed by atoms with Gasteiger partial charge in [0.25, 0.3) is 0 Å². The lowest BCUT2D eigenvalue weighted by Crippen LogP contribution is -2.33. The molecule has 9 nitrogen and oxygen atoms in total. The van der Waals surface area contributed by atoms with E-state index in [1.54, 1.807) is 0 Å². The Bertz CT molecular complexity index is 304. The predicted molar refractivity (Wildman–Crippen MR) is 83.8 cm³/mol. The molecule has 0 aliphatic heterocycles. The van der Waals surface area contributed by atoms with Crippen molar-refractivity contribution < 1.29 is 28.5 Å². The molecular weight excluding hydrogens is 306 g/mol. The highest BCUT2D eigenvalue weighted by Crippen LogP contribution is 1.83. The monoisotopic (exact) mass is 335 g/mol. The lowest BCUT2D eigenvalue weighted by Gasteiger charge is -2.08. The van der Waals surface area contributed by atoms with Gasteiger partial charge in [-0.25, -0.2) is 0 Å². The normalized spacial score (nSPS) is 10.5. The van der Waals surface area contributed by atoms with Crippen molar-refractivity contribution in [3.63, 3.8) is 0 Å². The van der Waals surface area contributed by atoms with E-state index in [4.69, 9.17) is 24.7 Å². The number of nitrogens with two attached hydrogens (primary N) is 1. The van der Waals surface area contributed by atoms with Crippen LogP contribution in [-0.4, -0.2) is 77.9 Å². The smallest absolute Gasteiger partial charge is 0.246 e. The van der Waals surface area contributed by atoms with Crippen molar-refractivity contribution in [1.29, 1.82) is 0 Å². The van der Waals surface area contributed by atoms with Crippen LogP contribution in [0.3, 0.4) is 0 Å². The quantitative estimate of drug-likeness (QED) is 0.234. The maximum absolute atomic E-state index is 11.4. The Morgan fingerprint density at radius 2 is 1.30 bits per heavy atom. The van der Waals surface area contributed by atoms with Crippen molar-refractivity contribution >= 4 is 11.8 Å². The minimum absolute atomic E-state index is 0.00878. The van der Waals surface area contributed by atoms with Crippen LogP contribution < -0.4 is 16.4 Å². The van der Waals surface area contributed by atoms with Gasteiger partial charge in [0.05, 0.1) is 39.7 Å². The van der Waals surface area contributed by atoms with E-state index in [-0.39, 0.29) is 31.7 Å². The van der Waals surface area contributed by atoms with E-state index >= 15 is 0 Å². The van der Waals surface area contributed by atoms with E-state index in [1.807, 2.05) is 6.92 Å². The number of hydrogen-bond acceptors (Lipinski definition) is 7. The van der Waals surface area contributed by atoms with Crippen LogP contribution >= 0.6 is 0 Å². The van der Waals surface area contributed by atoms with Crippen molar-refractivity contribution in [2.75, 3.05) is 66.1 Å². The fourth-order valence-electron chi connectivity index (χ4n) is 1.39. The summed E-state index contributed by atoms with van der Waals surface area (Å²) in [6.45, 7) is 5.08. The Balaban J connectivity index is 3.22. The van der Waals surface area contributed by atoms with Crippen LogP contribution in [0.4, 0.5) is 0 Å². The third-order valence-electron chi connectivity index (χ3n) is 2.43. The number of ether oxygens (including phenoxy) is 4. The molecule has 0 fully saturated rings. The third kappa shape index (κ3) is 16.9. The molecule has 0 aromatic heterocycles. The topological polar surface area (TPSA) is 121 Å². The molecule has 0 aliphatic rings. The van der Waals surface area contributed by atoms with Crippen LogP contribution in [0.1, 0.15) is 13.3 Å². The lowest BCUT2D eigenvalue weighted by molar-refractivity contribution is -0.127. The second-order valence-corrected chi connectivity index (χ2v) is 4.48. The zero-order chi connectivity index (χ0) is 17.2. The van der Waals surface area contributed by atoms with Crippen LogP contribution in [0.2, 0.25) is 0 Å². The molecule has 136 valence electrons. The molecule has 0 aromatic rings. The van der Waals surface area contributed by atoms with Crippen LogP contribution in [-0.2, 0) is 28.5 Å². The zero-order valence-electron chi connectivity index (χ0n) is 13.8. The van der Waals surface area contributed by atoms with Crippen molar-refractivity contribution in [1.82, 2.24) is 10.6 Å². The van der Waals surface area contributed by atoms with Gasteiger partial charge in [-0.15, -0.1) is 0 Å². The SMILES string of the molecule is CCCOCCOCC(=O)NCCOCCOCC(=O)NCN. The summed E-state index contributed by atoms with van der Waals surface area (Å²) in [5.74, 6) is -0.460. The molecule has 2 amide bonds. The summed E-state index contributed by atoms with van der Waals surface area (Å²) in [7, 11) is 0. The Hall–Kier alpha value is -1.26. The van der Waals surface area contributed by atoms with E-state index in [2.05, 4.69) is 10.6 Å². The molecule has 0 rings (SSSR count). The second-order valence-electron chi connectivity index (χ2n) is 4.48. The molecule has 0 bridgehead atoms. The van der Waals surface area contributed by atoms with Gasteiger partial charge in [-0.2, -0.15) is 0 Å². The molecule has 4 N–H and O–H groups in total. The number of hydrogen-bond donors (Lipinski definition) is 3. The fourth-order valence-corrected chi connectivity index (χ4v) is 1.39. The largest absolute Gasteiger partial charge is 0.379 e. The number of amides is 2. The van der Waals surface area contributed by atoms with Gasteiger partial charge in [0.15, 0.2) is 0 Å². The highest BCUT2D eigenvalue weighted by Gasteiger charge is 2.01. The summed E-state index contributed by atoms with van der Waals surface area (Å²) in [6.07, 6.45) is 0.965.